The van der Waals surface area contributed by atoms with Crippen molar-refractivity contribution in [3.05, 3.63) is 54.7 Å². The van der Waals surface area contributed by atoms with Gasteiger partial charge in [-0.1, -0.05) is 12.1 Å². The average Bonchev–Trinajstić information content (AvgIpc) is 3.36. The third-order valence-corrected chi connectivity index (χ3v) is 4.83. The second-order valence-corrected chi connectivity index (χ2v) is 8.45. The molecule has 1 N–H and O–H groups in total. The van der Waals surface area contributed by atoms with Crippen LogP contribution in [0.15, 0.2) is 49.2 Å². The molecule has 0 unspecified atom stereocenters. The maximum absolute atomic E-state index is 12.0. The predicted octanol–water partition coefficient (Wildman–Crippen LogP) is 3.83. The molecule has 0 bridgehead atoms. The van der Waals surface area contributed by atoms with Gasteiger partial charge in [-0.05, 0) is 32.9 Å². The zero-order valence-electron chi connectivity index (χ0n) is 18.8. The highest BCUT2D eigenvalue weighted by molar-refractivity contribution is 5.82. The topological polar surface area (TPSA) is 95.6 Å². The van der Waals surface area contributed by atoms with Crippen molar-refractivity contribution in [2.24, 2.45) is 7.05 Å². The van der Waals surface area contributed by atoms with Crippen LogP contribution < -0.4 is 10.1 Å². The number of nitrogens with one attached hydrogen (secondary N) is 1. The Morgan fingerprint density at radius 2 is 1.91 bits per heavy atom. The SMILES string of the molecule is COc1cc(-c2ncnn3cc(-c4cnn(C)c4)cc23)ccc1CNC(=O)OC(C)(C)C. The van der Waals surface area contributed by atoms with E-state index in [1.54, 1.807) is 16.3 Å². The fraction of sp³-hybridized carbons (Fsp3) is 0.304. The number of amides is 1. The Labute approximate surface area is 186 Å². The lowest BCUT2D eigenvalue weighted by atomic mass is 10.1. The molecule has 3 heterocycles. The minimum absolute atomic E-state index is 0.286. The Hall–Kier alpha value is -3.88. The number of hydrogen-bond donors (Lipinski definition) is 1. The highest BCUT2D eigenvalue weighted by Crippen LogP contribution is 2.31. The van der Waals surface area contributed by atoms with E-state index in [0.717, 1.165) is 33.5 Å². The van der Waals surface area contributed by atoms with E-state index in [4.69, 9.17) is 9.47 Å². The van der Waals surface area contributed by atoms with Gasteiger partial charge in [-0.2, -0.15) is 10.2 Å². The quantitative estimate of drug-likeness (QED) is 0.513. The normalized spacial score (nSPS) is 11.5. The first kappa shape index (κ1) is 21.4. The van der Waals surface area contributed by atoms with Gasteiger partial charge in [0, 0.05) is 48.2 Å². The van der Waals surface area contributed by atoms with Crippen molar-refractivity contribution in [1.82, 2.24) is 29.7 Å². The van der Waals surface area contributed by atoms with Gasteiger partial charge in [-0.15, -0.1) is 0 Å². The number of hydrogen-bond acceptors (Lipinski definition) is 6. The van der Waals surface area contributed by atoms with Gasteiger partial charge < -0.3 is 14.8 Å². The summed E-state index contributed by atoms with van der Waals surface area (Å²) < 4.78 is 14.4. The standard InChI is InChI=1S/C23H26N6O3/c1-23(2,3)32-22(30)24-10-16-7-6-15(9-20(16)31-5)21-19-8-17(13-29(19)27-14-25-21)18-11-26-28(4)12-18/h6-9,11-14H,10H2,1-5H3,(H,24,30). The highest BCUT2D eigenvalue weighted by Gasteiger charge is 2.17. The largest absolute Gasteiger partial charge is 0.496 e. The number of nitrogens with zero attached hydrogens (tertiary/aromatic N) is 5. The van der Waals surface area contributed by atoms with Crippen molar-refractivity contribution in [2.75, 3.05) is 7.11 Å². The van der Waals surface area contributed by atoms with Crippen LogP contribution in [0.1, 0.15) is 26.3 Å². The number of carbonyl (C=O) groups is 1. The molecule has 0 radical (unpaired) electrons. The van der Waals surface area contributed by atoms with Crippen molar-refractivity contribution >= 4 is 11.6 Å². The van der Waals surface area contributed by atoms with Gasteiger partial charge in [0.15, 0.2) is 0 Å². The van der Waals surface area contributed by atoms with E-state index in [0.29, 0.717) is 5.75 Å². The van der Waals surface area contributed by atoms with Crippen LogP contribution in [0.2, 0.25) is 0 Å². The van der Waals surface area contributed by atoms with E-state index in [2.05, 4.69) is 20.5 Å². The molecule has 0 saturated carbocycles. The molecule has 3 aromatic heterocycles. The van der Waals surface area contributed by atoms with Crippen LogP contribution in [0.5, 0.6) is 5.75 Å². The summed E-state index contributed by atoms with van der Waals surface area (Å²) in [7, 11) is 3.49. The van der Waals surface area contributed by atoms with Gasteiger partial charge in [-0.25, -0.2) is 14.3 Å². The van der Waals surface area contributed by atoms with E-state index in [9.17, 15) is 4.79 Å². The van der Waals surface area contributed by atoms with Crippen molar-refractivity contribution in [3.63, 3.8) is 0 Å². The van der Waals surface area contributed by atoms with Crippen LogP contribution in [0.3, 0.4) is 0 Å². The number of alkyl carbamates (subject to hydrolysis) is 1. The summed E-state index contributed by atoms with van der Waals surface area (Å²) in [4.78, 5) is 16.5. The minimum atomic E-state index is -0.553. The van der Waals surface area contributed by atoms with E-state index in [1.807, 2.05) is 70.7 Å². The lowest BCUT2D eigenvalue weighted by Gasteiger charge is -2.20. The molecule has 4 aromatic rings. The average molecular weight is 435 g/mol. The van der Waals surface area contributed by atoms with Crippen LogP contribution in [-0.2, 0) is 18.3 Å². The van der Waals surface area contributed by atoms with Crippen molar-refractivity contribution in [3.8, 4) is 28.1 Å². The molecular weight excluding hydrogens is 408 g/mol. The number of fused-ring (bicyclic) bond motifs is 1. The zero-order chi connectivity index (χ0) is 22.9. The molecule has 0 aliphatic heterocycles. The zero-order valence-corrected chi connectivity index (χ0v) is 18.8. The summed E-state index contributed by atoms with van der Waals surface area (Å²) in [6.07, 6.45) is 6.78. The molecular formula is C23H26N6O3. The number of aromatic nitrogens is 5. The van der Waals surface area contributed by atoms with Crippen molar-refractivity contribution in [2.45, 2.75) is 32.9 Å². The fourth-order valence-electron chi connectivity index (χ4n) is 3.40. The summed E-state index contributed by atoms with van der Waals surface area (Å²) >= 11 is 0. The van der Waals surface area contributed by atoms with Gasteiger partial charge in [0.25, 0.3) is 0 Å². The number of methoxy groups -OCH3 is 1. The molecule has 0 fully saturated rings. The van der Waals surface area contributed by atoms with Crippen LogP contribution in [0.25, 0.3) is 27.9 Å². The molecule has 9 nitrogen and oxygen atoms in total. The molecule has 0 aliphatic carbocycles. The first-order valence-corrected chi connectivity index (χ1v) is 10.2. The monoisotopic (exact) mass is 434 g/mol. The molecule has 9 heteroatoms. The van der Waals surface area contributed by atoms with Gasteiger partial charge in [0.1, 0.15) is 17.7 Å². The van der Waals surface area contributed by atoms with Crippen molar-refractivity contribution in [1.29, 1.82) is 0 Å². The van der Waals surface area contributed by atoms with Crippen molar-refractivity contribution < 1.29 is 14.3 Å². The van der Waals surface area contributed by atoms with Gasteiger partial charge in [0.2, 0.25) is 0 Å². The van der Waals surface area contributed by atoms with Gasteiger partial charge in [0.05, 0.1) is 24.5 Å². The Bertz CT molecular complexity index is 1270. The molecule has 1 aromatic carbocycles. The van der Waals surface area contributed by atoms with E-state index in [-0.39, 0.29) is 6.54 Å². The molecule has 32 heavy (non-hydrogen) atoms. The van der Waals surface area contributed by atoms with Gasteiger partial charge in [-0.3, -0.25) is 4.68 Å². The van der Waals surface area contributed by atoms with Crippen LogP contribution in [0, 0.1) is 0 Å². The number of benzene rings is 1. The maximum Gasteiger partial charge on any atom is 0.407 e. The Morgan fingerprint density at radius 1 is 1.09 bits per heavy atom. The first-order chi connectivity index (χ1) is 15.2. The molecule has 4 rings (SSSR count). The smallest absolute Gasteiger partial charge is 0.407 e. The van der Waals surface area contributed by atoms with Gasteiger partial charge >= 0.3 is 6.09 Å². The summed E-state index contributed by atoms with van der Waals surface area (Å²) in [6, 6.07) is 7.81. The molecule has 0 saturated heterocycles. The third kappa shape index (κ3) is 4.56. The third-order valence-electron chi connectivity index (χ3n) is 4.83. The number of rotatable bonds is 5. The number of aryl methyl sites for hydroxylation is 1. The Morgan fingerprint density at radius 3 is 2.59 bits per heavy atom. The van der Waals surface area contributed by atoms with Crippen LogP contribution >= 0.6 is 0 Å². The summed E-state index contributed by atoms with van der Waals surface area (Å²) in [5.74, 6) is 0.648. The molecule has 0 spiro atoms. The summed E-state index contributed by atoms with van der Waals surface area (Å²) in [5, 5.41) is 11.3. The van der Waals surface area contributed by atoms with Crippen LogP contribution in [-0.4, -0.2) is 43.2 Å². The lowest BCUT2D eigenvalue weighted by molar-refractivity contribution is 0.0523. The Balaban J connectivity index is 1.62. The first-order valence-electron chi connectivity index (χ1n) is 10.2. The summed E-state index contributed by atoms with van der Waals surface area (Å²) in [6.45, 7) is 5.76. The van der Waals surface area contributed by atoms with E-state index >= 15 is 0 Å². The van der Waals surface area contributed by atoms with E-state index in [1.165, 1.54) is 6.33 Å². The summed E-state index contributed by atoms with van der Waals surface area (Å²) in [5.41, 5.74) is 4.82. The molecule has 1 amide bonds. The molecule has 0 aliphatic rings. The second kappa shape index (κ2) is 8.33. The highest BCUT2D eigenvalue weighted by atomic mass is 16.6. The molecule has 0 atom stereocenters. The molecule has 166 valence electrons. The second-order valence-electron chi connectivity index (χ2n) is 8.45. The number of carbonyl (C=O) groups excluding carboxylic acids is 1. The number of ether oxygens (including phenoxy) is 2. The fourth-order valence-corrected chi connectivity index (χ4v) is 3.40. The Kier molecular flexibility index (Phi) is 5.56. The van der Waals surface area contributed by atoms with E-state index < -0.39 is 11.7 Å². The predicted molar refractivity (Wildman–Crippen MR) is 120 cm³/mol. The van der Waals surface area contributed by atoms with Crippen LogP contribution in [0.4, 0.5) is 4.79 Å². The lowest BCUT2D eigenvalue weighted by Crippen LogP contribution is -2.32. The maximum atomic E-state index is 12.0. The minimum Gasteiger partial charge on any atom is -0.496 e.